The highest BCUT2D eigenvalue weighted by Crippen LogP contribution is 2.77. The van der Waals surface area contributed by atoms with Gasteiger partial charge in [0.25, 0.3) is 0 Å². The zero-order valence-corrected chi connectivity index (χ0v) is 34.1. The van der Waals surface area contributed by atoms with Crippen LogP contribution in [0.2, 0.25) is 0 Å². The van der Waals surface area contributed by atoms with Crippen LogP contribution < -0.4 is 5.32 Å². The predicted molar refractivity (Wildman–Crippen MR) is 213 cm³/mol. The van der Waals surface area contributed by atoms with Crippen molar-refractivity contribution in [3.8, 4) is 0 Å². The van der Waals surface area contributed by atoms with Crippen molar-refractivity contribution in [3.63, 3.8) is 0 Å². The molecule has 0 amide bonds. The van der Waals surface area contributed by atoms with Crippen molar-refractivity contribution in [2.24, 2.45) is 57.2 Å². The summed E-state index contributed by atoms with van der Waals surface area (Å²) in [6, 6.07) is 7.63. The molecule has 1 aromatic carbocycles. The van der Waals surface area contributed by atoms with E-state index in [1.165, 1.54) is 68.9 Å². The Bertz CT molecular complexity index is 1630. The molecule has 0 aromatic heterocycles. The van der Waals surface area contributed by atoms with E-state index in [0.717, 1.165) is 37.3 Å². The number of benzene rings is 1. The number of ether oxygens (including phenoxy) is 1. The highest BCUT2D eigenvalue weighted by Gasteiger charge is 2.71. The van der Waals surface area contributed by atoms with Gasteiger partial charge in [0.05, 0.1) is 11.2 Å². The maximum Gasteiger partial charge on any atom is 0.335 e. The number of hydrogen-bond donors (Lipinski definition) is 2. The minimum Gasteiger partial charge on any atom is -0.478 e. The molecule has 5 fully saturated rings. The molecule has 0 spiro atoms. The second kappa shape index (κ2) is 12.7. The van der Waals surface area contributed by atoms with Crippen LogP contribution in [0.4, 0.5) is 0 Å². The van der Waals surface area contributed by atoms with E-state index in [4.69, 9.17) is 4.74 Å². The van der Waals surface area contributed by atoms with Gasteiger partial charge in [0.15, 0.2) is 0 Å². The molecule has 284 valence electrons. The van der Waals surface area contributed by atoms with Crippen molar-refractivity contribution in [2.45, 2.75) is 137 Å². The maximum absolute atomic E-state index is 12.5. The van der Waals surface area contributed by atoms with E-state index in [2.05, 4.69) is 65.7 Å². The van der Waals surface area contributed by atoms with Gasteiger partial charge in [-0.15, -0.1) is 0 Å². The van der Waals surface area contributed by atoms with Gasteiger partial charge in [-0.25, -0.2) is 4.79 Å². The topological polar surface area (TPSA) is 75.6 Å². The van der Waals surface area contributed by atoms with E-state index >= 15 is 0 Å². The molecule has 5 aliphatic carbocycles. The summed E-state index contributed by atoms with van der Waals surface area (Å²) >= 11 is 0. The molecule has 0 unspecified atom stereocenters. The number of carboxylic acid groups (broad SMARTS) is 1. The third-order valence-electron chi connectivity index (χ3n) is 17.7. The lowest BCUT2D eigenvalue weighted by Crippen LogP contribution is -2.68. The third-order valence-corrected chi connectivity index (χ3v) is 19.7. The number of fused-ring (bicyclic) bond motifs is 7. The number of nitrogens with one attached hydrogen (secondary N) is 1. The van der Waals surface area contributed by atoms with E-state index in [1.54, 1.807) is 12.1 Å². The first-order valence-corrected chi connectivity index (χ1v) is 22.6. The number of allylic oxidation sites excluding steroid dienone is 2. The van der Waals surface area contributed by atoms with Crippen LogP contribution in [0.3, 0.4) is 0 Å². The number of carbonyl (C=O) groups is 1. The largest absolute Gasteiger partial charge is 0.478 e. The highest BCUT2D eigenvalue weighted by atomic mass is 32.2. The molecule has 6 heteroatoms. The van der Waals surface area contributed by atoms with Crippen LogP contribution in [0, 0.1) is 57.2 Å². The molecule has 5 nitrogen and oxygen atoms in total. The van der Waals surface area contributed by atoms with Gasteiger partial charge in [0, 0.05) is 24.2 Å². The monoisotopic (exact) mass is 719 g/mol. The van der Waals surface area contributed by atoms with E-state index in [0.29, 0.717) is 41.1 Å². The Balaban J connectivity index is 1.17. The molecule has 51 heavy (non-hydrogen) atoms. The fraction of sp³-hybridized carbons (Fsp3) is 0.778. The smallest absolute Gasteiger partial charge is 0.335 e. The zero-order chi connectivity index (χ0) is 36.8. The summed E-state index contributed by atoms with van der Waals surface area (Å²) in [6.07, 6.45) is 17.3. The molecule has 2 N–H and O–H groups in total. The van der Waals surface area contributed by atoms with Gasteiger partial charge in [-0.3, -0.25) is 4.21 Å². The van der Waals surface area contributed by atoms with Crippen molar-refractivity contribution >= 4 is 26.9 Å². The van der Waals surface area contributed by atoms with E-state index < -0.39 is 15.5 Å². The van der Waals surface area contributed by atoms with Crippen LogP contribution >= 0.6 is 0 Å². The molecule has 1 aromatic rings. The Morgan fingerprint density at radius 2 is 1.61 bits per heavy atom. The van der Waals surface area contributed by atoms with Crippen LogP contribution in [0.5, 0.6) is 0 Å². The lowest BCUT2D eigenvalue weighted by atomic mass is 9.32. The van der Waals surface area contributed by atoms with E-state index in [-0.39, 0.29) is 32.8 Å². The summed E-state index contributed by atoms with van der Waals surface area (Å²) in [6.45, 7) is 18.9. The Labute approximate surface area is 310 Å². The highest BCUT2D eigenvalue weighted by molar-refractivity contribution is 8.00. The van der Waals surface area contributed by atoms with E-state index in [1.807, 2.05) is 19.2 Å². The molecular formula is C45H69NO4S. The standard InChI is InChI=1S/C45H69NO4S/c1-40(2)33(31-10-12-32(13-11-31)39(47)48)16-22-42(5)36(40)18-23-44(7)37(42)15-14-35-38-34(41(3,4)50-8)17-24-45(38,26-25-43(35,44)6)46-27-19-30-20-28-51(9,49)29-21-30/h10-13,16,30,34-38,46H,9,14-15,17-29H2,1-8H3,(H,47,48)/t30?,34-,35-,36+,37-,38-,42+,43-,44-,45+,51?/m1/s1. The second-order valence-corrected chi connectivity index (χ2v) is 23.0. The van der Waals surface area contributed by atoms with Crippen molar-refractivity contribution in [3.05, 3.63) is 41.5 Å². The lowest BCUT2D eigenvalue weighted by Gasteiger charge is -2.72. The lowest BCUT2D eigenvalue weighted by molar-refractivity contribution is -0.226. The minimum absolute atomic E-state index is 0.0178. The van der Waals surface area contributed by atoms with Gasteiger partial charge in [-0.05, 0) is 193 Å². The van der Waals surface area contributed by atoms with Gasteiger partial charge >= 0.3 is 5.97 Å². The van der Waals surface area contributed by atoms with Crippen molar-refractivity contribution < 1.29 is 18.8 Å². The molecule has 1 saturated heterocycles. The summed E-state index contributed by atoms with van der Waals surface area (Å²) in [5.74, 6) is 8.56. The van der Waals surface area contributed by atoms with Crippen molar-refractivity contribution in [2.75, 3.05) is 25.2 Å². The molecule has 0 bridgehead atoms. The maximum atomic E-state index is 12.5. The Kier molecular flexibility index (Phi) is 9.40. The fourth-order valence-corrected chi connectivity index (χ4v) is 16.3. The van der Waals surface area contributed by atoms with E-state index in [9.17, 15) is 14.1 Å². The van der Waals surface area contributed by atoms with Crippen LogP contribution in [-0.2, 0) is 14.3 Å². The summed E-state index contributed by atoms with van der Waals surface area (Å²) in [5.41, 5.74) is 3.80. The normalized spacial score (nSPS) is 44.7. The molecule has 6 aliphatic rings. The quantitative estimate of drug-likeness (QED) is 0.262. The summed E-state index contributed by atoms with van der Waals surface area (Å²) in [4.78, 5) is 11.6. The summed E-state index contributed by atoms with van der Waals surface area (Å²) in [7, 11) is 0.105. The Morgan fingerprint density at radius 3 is 2.25 bits per heavy atom. The predicted octanol–water partition coefficient (Wildman–Crippen LogP) is 9.74. The second-order valence-electron chi connectivity index (χ2n) is 20.3. The molecule has 7 rings (SSSR count). The molecule has 4 saturated carbocycles. The molecule has 9 atom stereocenters. The first kappa shape index (κ1) is 37.7. The minimum atomic E-state index is -1.83. The van der Waals surface area contributed by atoms with Crippen LogP contribution in [-0.4, -0.2) is 57.5 Å². The number of methoxy groups -OCH3 is 1. The van der Waals surface area contributed by atoms with Crippen LogP contribution in [0.15, 0.2) is 30.3 Å². The molecule has 0 radical (unpaired) electrons. The summed E-state index contributed by atoms with van der Waals surface area (Å²) < 4.78 is 18.9. The Morgan fingerprint density at radius 1 is 0.922 bits per heavy atom. The van der Waals surface area contributed by atoms with Gasteiger partial charge < -0.3 is 15.2 Å². The SMILES string of the molecule is C=S1(=O)CCC(CCN[C@]23CC[C@@H](C(C)(C)OC)[C@@H]2[C@H]2CC[C@@H]4[C@@]5(C)CC=C(c6ccc(C(=O)O)cc6)C(C)(C)[C@@H]5CC[C@@]4(C)[C@]2(C)CC3)CC1. The number of rotatable bonds is 8. The number of carboxylic acids is 1. The average Bonchev–Trinajstić information content (AvgIpc) is 3.46. The molecule has 1 aliphatic heterocycles. The van der Waals surface area contributed by atoms with Crippen LogP contribution in [0.25, 0.3) is 5.57 Å². The van der Waals surface area contributed by atoms with Gasteiger partial charge in [-0.1, -0.05) is 52.8 Å². The van der Waals surface area contributed by atoms with Gasteiger partial charge in [0.2, 0.25) is 0 Å². The fourth-order valence-electron chi connectivity index (χ4n) is 14.5. The van der Waals surface area contributed by atoms with Gasteiger partial charge in [-0.2, -0.15) is 0 Å². The first-order valence-electron chi connectivity index (χ1n) is 20.5. The summed E-state index contributed by atoms with van der Waals surface area (Å²) in [5, 5.41) is 13.8. The first-order chi connectivity index (χ1) is 23.8. The molecule has 1 heterocycles. The molecular weight excluding hydrogens is 651 g/mol. The number of aromatic carboxylic acids is 1. The van der Waals surface area contributed by atoms with Crippen molar-refractivity contribution in [1.82, 2.24) is 5.32 Å². The van der Waals surface area contributed by atoms with Gasteiger partial charge in [0.1, 0.15) is 0 Å². The van der Waals surface area contributed by atoms with Crippen molar-refractivity contribution in [1.29, 1.82) is 0 Å². The zero-order valence-electron chi connectivity index (χ0n) is 33.2. The number of hydrogen-bond acceptors (Lipinski definition) is 4. The Hall–Kier alpha value is -1.63. The third kappa shape index (κ3) is 5.85. The van der Waals surface area contributed by atoms with Crippen LogP contribution in [0.1, 0.15) is 141 Å². The average molecular weight is 720 g/mol.